The normalized spacial score (nSPS) is 17.9. The van der Waals surface area contributed by atoms with E-state index in [9.17, 15) is 0 Å². The first kappa shape index (κ1) is 24.4. The first-order valence-electron chi connectivity index (χ1n) is 12.1. The van der Waals surface area contributed by atoms with Gasteiger partial charge >= 0.3 is 0 Å². The van der Waals surface area contributed by atoms with E-state index in [1.165, 1.54) is 5.56 Å². The summed E-state index contributed by atoms with van der Waals surface area (Å²) in [6, 6.07) is 21.7. The summed E-state index contributed by atoms with van der Waals surface area (Å²) in [5.41, 5.74) is 4.65. The van der Waals surface area contributed by atoms with Gasteiger partial charge in [-0.25, -0.2) is 4.98 Å². The van der Waals surface area contributed by atoms with Gasteiger partial charge in [-0.05, 0) is 49.4 Å². The molecule has 2 atom stereocenters. The molecule has 1 saturated heterocycles. The molecule has 0 spiro atoms. The molecule has 5 nitrogen and oxygen atoms in total. The van der Waals surface area contributed by atoms with E-state index in [0.717, 1.165) is 65.4 Å². The third kappa shape index (κ3) is 6.67. The maximum absolute atomic E-state index is 9.00. The fraction of sp³-hybridized carbons (Fsp3) is 0.267. The number of nitrogens with zero attached hydrogens (tertiary/aromatic N) is 1. The third-order valence-electron chi connectivity index (χ3n) is 6.31. The molecule has 3 aromatic rings. The van der Waals surface area contributed by atoms with Crippen LogP contribution in [0.25, 0.3) is 23.4 Å². The molecule has 5 heteroatoms. The number of rotatable bonds is 6. The Morgan fingerprint density at radius 1 is 1.14 bits per heavy atom. The monoisotopic (exact) mass is 468 g/mol. The van der Waals surface area contributed by atoms with Gasteiger partial charge in [0.2, 0.25) is 0 Å². The summed E-state index contributed by atoms with van der Waals surface area (Å²) in [6.45, 7) is 4.99. The molecular formula is C30H32N2O3. The van der Waals surface area contributed by atoms with Gasteiger partial charge in [0.1, 0.15) is 12.4 Å². The number of nitrogens with one attached hydrogen (secondary N) is 1. The highest BCUT2D eigenvalue weighted by Crippen LogP contribution is 2.21. The number of carboxylic acids is 1. The Bertz CT molecular complexity index is 1290. The van der Waals surface area contributed by atoms with E-state index in [4.69, 9.17) is 19.6 Å². The molecule has 2 aliphatic rings. The second-order valence-electron chi connectivity index (χ2n) is 8.98. The highest BCUT2D eigenvalue weighted by Gasteiger charge is 2.25. The molecule has 2 heterocycles. The van der Waals surface area contributed by atoms with Crippen molar-refractivity contribution in [1.82, 2.24) is 10.3 Å². The number of hydrogen-bond acceptors (Lipinski definition) is 4. The Hall–Kier alpha value is -3.70. The molecule has 0 amide bonds. The first-order chi connectivity index (χ1) is 17.0. The Morgan fingerprint density at radius 2 is 1.89 bits per heavy atom. The van der Waals surface area contributed by atoms with Crippen molar-refractivity contribution < 1.29 is 14.6 Å². The summed E-state index contributed by atoms with van der Waals surface area (Å²) in [5.74, 6) is 0.818. The molecule has 1 fully saturated rings. The van der Waals surface area contributed by atoms with Crippen LogP contribution < -0.4 is 20.6 Å². The zero-order chi connectivity index (χ0) is 24.6. The maximum Gasteiger partial charge on any atom is 0.300 e. The highest BCUT2D eigenvalue weighted by atomic mass is 16.5. The van der Waals surface area contributed by atoms with Crippen LogP contribution in [0.3, 0.4) is 0 Å². The lowest BCUT2D eigenvalue weighted by Crippen LogP contribution is -2.51. The Balaban J connectivity index is 0.000000672. The van der Waals surface area contributed by atoms with Crippen LogP contribution in [0.1, 0.15) is 31.4 Å². The van der Waals surface area contributed by atoms with E-state index in [1.807, 2.05) is 6.07 Å². The number of aromatic nitrogens is 1. The van der Waals surface area contributed by atoms with Crippen LogP contribution >= 0.6 is 0 Å². The number of benzene rings is 2. The zero-order valence-corrected chi connectivity index (χ0v) is 20.3. The summed E-state index contributed by atoms with van der Waals surface area (Å²) in [4.78, 5) is 13.9. The van der Waals surface area contributed by atoms with E-state index < -0.39 is 5.97 Å². The van der Waals surface area contributed by atoms with E-state index in [2.05, 4.69) is 91.1 Å². The number of ether oxygens (including phenoxy) is 1. The van der Waals surface area contributed by atoms with Gasteiger partial charge in [-0.15, -0.1) is 0 Å². The van der Waals surface area contributed by atoms with Gasteiger partial charge in [0.15, 0.2) is 0 Å². The van der Waals surface area contributed by atoms with Gasteiger partial charge in [-0.2, -0.15) is 0 Å². The van der Waals surface area contributed by atoms with Crippen molar-refractivity contribution in [2.45, 2.75) is 39.3 Å². The second-order valence-corrected chi connectivity index (χ2v) is 8.98. The predicted molar refractivity (Wildman–Crippen MR) is 140 cm³/mol. The van der Waals surface area contributed by atoms with E-state index in [-0.39, 0.29) is 0 Å². The Kier molecular flexibility index (Phi) is 8.11. The van der Waals surface area contributed by atoms with Gasteiger partial charge in [0, 0.05) is 35.9 Å². The summed E-state index contributed by atoms with van der Waals surface area (Å²) in [7, 11) is 0. The number of carboxylic acid groups (broad SMARTS) is 1. The number of aliphatic carboxylic acids is 1. The molecule has 0 saturated carbocycles. The molecular weight excluding hydrogens is 436 g/mol. The number of pyridine rings is 1. The van der Waals surface area contributed by atoms with Gasteiger partial charge in [-0.1, -0.05) is 66.8 Å². The van der Waals surface area contributed by atoms with E-state index >= 15 is 0 Å². The fourth-order valence-electron chi connectivity index (χ4n) is 4.23. The molecule has 1 unspecified atom stereocenters. The lowest BCUT2D eigenvalue weighted by molar-refractivity contribution is -0.134. The quantitative estimate of drug-likeness (QED) is 0.570. The van der Waals surface area contributed by atoms with Gasteiger partial charge in [0.05, 0.1) is 11.0 Å². The van der Waals surface area contributed by atoms with Crippen molar-refractivity contribution >= 4 is 18.1 Å². The van der Waals surface area contributed by atoms with Crippen molar-refractivity contribution in [2.75, 3.05) is 6.54 Å². The van der Waals surface area contributed by atoms with Gasteiger partial charge in [0.25, 0.3) is 5.97 Å². The van der Waals surface area contributed by atoms with Crippen molar-refractivity contribution in [2.24, 2.45) is 5.92 Å². The van der Waals surface area contributed by atoms with Crippen LogP contribution in [0.5, 0.6) is 5.75 Å². The number of carbonyl (C=O) groups is 1. The Labute approximate surface area is 206 Å². The smallest absolute Gasteiger partial charge is 0.300 e. The number of allylic oxidation sites excluding steroid dienone is 2. The summed E-state index contributed by atoms with van der Waals surface area (Å²) in [5, 5.41) is 13.0. The lowest BCUT2D eigenvalue weighted by Gasteiger charge is -2.35. The number of fused-ring (bicyclic) bond motifs is 1. The molecule has 180 valence electrons. The topological polar surface area (TPSA) is 71.5 Å². The van der Waals surface area contributed by atoms with Crippen molar-refractivity contribution in [3.63, 3.8) is 0 Å². The molecule has 1 aromatic heterocycles. The fourth-order valence-corrected chi connectivity index (χ4v) is 4.23. The minimum atomic E-state index is -0.833. The minimum Gasteiger partial charge on any atom is -0.489 e. The SMILES string of the molecule is CC(=O)O.CC1NC[C@@H]1Cc1ccc(OCc2cc(-c3ccccc3)nc3c2=CC=CCC=3)cc1. The average molecular weight is 469 g/mol. The molecule has 0 radical (unpaired) electrons. The van der Waals surface area contributed by atoms with Crippen LogP contribution in [-0.2, 0) is 17.8 Å². The van der Waals surface area contributed by atoms with Gasteiger partial charge < -0.3 is 15.2 Å². The molecule has 2 N–H and O–H groups in total. The number of hydrogen-bond donors (Lipinski definition) is 2. The molecule has 2 aromatic carbocycles. The van der Waals surface area contributed by atoms with Crippen LogP contribution in [0, 0.1) is 5.92 Å². The molecule has 1 aliphatic carbocycles. The third-order valence-corrected chi connectivity index (χ3v) is 6.31. The van der Waals surface area contributed by atoms with Crippen molar-refractivity contribution in [1.29, 1.82) is 0 Å². The molecule has 35 heavy (non-hydrogen) atoms. The molecule has 1 aliphatic heterocycles. The van der Waals surface area contributed by atoms with Crippen LogP contribution in [0.4, 0.5) is 0 Å². The molecule has 5 rings (SSSR count). The average Bonchev–Trinajstić information content (AvgIpc) is 3.11. The predicted octanol–water partition coefficient (Wildman–Crippen LogP) is 4.09. The summed E-state index contributed by atoms with van der Waals surface area (Å²) in [6.07, 6.45) is 10.6. The molecule has 0 bridgehead atoms. The highest BCUT2D eigenvalue weighted by molar-refractivity contribution is 5.63. The second kappa shape index (κ2) is 11.6. The zero-order valence-electron chi connectivity index (χ0n) is 20.3. The largest absolute Gasteiger partial charge is 0.489 e. The van der Waals surface area contributed by atoms with E-state index in [0.29, 0.717) is 12.6 Å². The van der Waals surface area contributed by atoms with Crippen molar-refractivity contribution in [3.05, 3.63) is 94.5 Å². The minimum absolute atomic E-state index is 0.520. The maximum atomic E-state index is 9.00. The standard InChI is InChI=1S/C28H28N2O.C2H4O2/c1-20-23(18-29-20)16-21-12-14-25(15-13-21)31-19-24-17-28(22-8-4-2-5-9-22)30-27-11-7-3-6-10-26(24)27;1-2(3)4/h2-6,8-15,17,20,23,29H,7,16,18-19H2,1H3;1H3,(H,3,4)/t20?,23-;/m0./s1. The van der Waals surface area contributed by atoms with Crippen molar-refractivity contribution in [3.8, 4) is 17.0 Å². The summed E-state index contributed by atoms with van der Waals surface area (Å²) < 4.78 is 6.21. The van der Waals surface area contributed by atoms with Crippen LogP contribution in [-0.4, -0.2) is 28.6 Å². The van der Waals surface area contributed by atoms with Crippen LogP contribution in [0.15, 0.2) is 72.8 Å². The van der Waals surface area contributed by atoms with E-state index in [1.54, 1.807) is 0 Å². The lowest BCUT2D eigenvalue weighted by atomic mass is 9.87. The van der Waals surface area contributed by atoms with Crippen LogP contribution in [0.2, 0.25) is 0 Å². The van der Waals surface area contributed by atoms with Gasteiger partial charge in [-0.3, -0.25) is 4.79 Å². The summed E-state index contributed by atoms with van der Waals surface area (Å²) >= 11 is 0. The first-order valence-corrected chi connectivity index (χ1v) is 12.1. The Morgan fingerprint density at radius 3 is 2.54 bits per heavy atom.